The second kappa shape index (κ2) is 3.85. The molecule has 0 atom stereocenters. The molecule has 2 nitrogen and oxygen atoms in total. The summed E-state index contributed by atoms with van der Waals surface area (Å²) < 4.78 is -1.38. The second-order valence-electron chi connectivity index (χ2n) is 2.25. The highest BCUT2D eigenvalue weighted by atomic mass is 35.5. The number of terminal acetylenes is 1. The van der Waals surface area contributed by atoms with Crippen LogP contribution in [-0.2, 0) is 4.79 Å². The van der Waals surface area contributed by atoms with Crippen molar-refractivity contribution in [3.8, 4) is 12.3 Å². The Morgan fingerprint density at radius 2 is 2.18 bits per heavy atom. The molecule has 0 saturated heterocycles. The van der Waals surface area contributed by atoms with Crippen molar-refractivity contribution in [3.05, 3.63) is 0 Å². The molecule has 11 heavy (non-hydrogen) atoms. The Hall–Kier alpha value is -0.390. The Kier molecular flexibility index (Phi) is 3.71. The zero-order valence-electron chi connectivity index (χ0n) is 6.40. The molecule has 4 heteroatoms. The molecule has 0 bridgehead atoms. The van der Waals surface area contributed by atoms with E-state index in [1.807, 2.05) is 0 Å². The molecule has 0 aromatic carbocycles. The lowest BCUT2D eigenvalue weighted by Crippen LogP contribution is -2.38. The van der Waals surface area contributed by atoms with E-state index in [0.717, 1.165) is 0 Å². The number of alkyl halides is 2. The van der Waals surface area contributed by atoms with Crippen LogP contribution in [0.2, 0.25) is 0 Å². The molecular weight excluding hydrogens is 185 g/mol. The molecule has 1 amide bonds. The van der Waals surface area contributed by atoms with E-state index >= 15 is 0 Å². The molecule has 0 N–H and O–H groups in total. The van der Waals surface area contributed by atoms with Crippen LogP contribution < -0.4 is 0 Å². The van der Waals surface area contributed by atoms with E-state index in [9.17, 15) is 4.79 Å². The van der Waals surface area contributed by atoms with Gasteiger partial charge in [0.05, 0.1) is 6.54 Å². The van der Waals surface area contributed by atoms with Crippen LogP contribution in [0.15, 0.2) is 0 Å². The largest absolute Gasteiger partial charge is 0.332 e. The molecule has 0 aliphatic carbocycles. The van der Waals surface area contributed by atoms with Crippen molar-refractivity contribution in [3.63, 3.8) is 0 Å². The number of nitrogens with zero attached hydrogens (tertiary/aromatic N) is 1. The maximum atomic E-state index is 11.1. The average molecular weight is 194 g/mol. The van der Waals surface area contributed by atoms with E-state index < -0.39 is 10.2 Å². The highest BCUT2D eigenvalue weighted by Crippen LogP contribution is 2.21. The van der Waals surface area contributed by atoms with Crippen molar-refractivity contribution < 1.29 is 4.79 Å². The van der Waals surface area contributed by atoms with Gasteiger partial charge in [-0.15, -0.1) is 6.42 Å². The van der Waals surface area contributed by atoms with E-state index in [-0.39, 0.29) is 6.54 Å². The first-order chi connectivity index (χ1) is 4.89. The van der Waals surface area contributed by atoms with E-state index in [1.54, 1.807) is 7.05 Å². The van der Waals surface area contributed by atoms with Gasteiger partial charge in [-0.2, -0.15) is 0 Å². The van der Waals surface area contributed by atoms with Gasteiger partial charge in [0.25, 0.3) is 5.91 Å². The third-order valence-electron chi connectivity index (χ3n) is 1.05. The van der Waals surface area contributed by atoms with Gasteiger partial charge in [0.2, 0.25) is 0 Å². The zero-order chi connectivity index (χ0) is 9.07. The first-order valence-electron chi connectivity index (χ1n) is 2.96. The quantitative estimate of drug-likeness (QED) is 0.478. The van der Waals surface area contributed by atoms with Gasteiger partial charge < -0.3 is 4.90 Å². The number of amides is 1. The van der Waals surface area contributed by atoms with Crippen molar-refractivity contribution >= 4 is 29.1 Å². The fourth-order valence-corrected chi connectivity index (χ4v) is 0.832. The number of halogens is 2. The molecule has 0 fully saturated rings. The lowest BCUT2D eigenvalue weighted by molar-refractivity contribution is -0.129. The summed E-state index contributed by atoms with van der Waals surface area (Å²) in [7, 11) is 1.55. The Morgan fingerprint density at radius 3 is 2.45 bits per heavy atom. The minimum atomic E-state index is -1.38. The Morgan fingerprint density at radius 1 is 1.73 bits per heavy atom. The minimum Gasteiger partial charge on any atom is -0.332 e. The average Bonchev–Trinajstić information content (AvgIpc) is 1.85. The highest BCUT2D eigenvalue weighted by Gasteiger charge is 2.29. The molecule has 0 aromatic rings. The Labute approximate surface area is 76.5 Å². The van der Waals surface area contributed by atoms with Crippen LogP contribution in [0.3, 0.4) is 0 Å². The molecule has 0 heterocycles. The Balaban J connectivity index is 4.17. The summed E-state index contributed by atoms with van der Waals surface area (Å²) in [6, 6.07) is 0. The van der Waals surface area contributed by atoms with Gasteiger partial charge in [-0.3, -0.25) is 4.79 Å². The predicted octanol–water partition coefficient (Wildman–Crippen LogP) is 1.27. The summed E-state index contributed by atoms with van der Waals surface area (Å²) in [5, 5.41) is 0. The highest BCUT2D eigenvalue weighted by molar-refractivity contribution is 6.57. The minimum absolute atomic E-state index is 0.216. The lowest BCUT2D eigenvalue weighted by Gasteiger charge is -2.20. The van der Waals surface area contributed by atoms with Crippen molar-refractivity contribution in [2.75, 3.05) is 13.6 Å². The Bertz CT molecular complexity index is 190. The maximum absolute atomic E-state index is 11.1. The van der Waals surface area contributed by atoms with E-state index in [1.165, 1.54) is 11.8 Å². The molecule has 62 valence electrons. The van der Waals surface area contributed by atoms with Crippen LogP contribution in [0.5, 0.6) is 0 Å². The van der Waals surface area contributed by atoms with Crippen LogP contribution in [0.4, 0.5) is 0 Å². The number of carbonyl (C=O) groups is 1. The molecule has 0 aliphatic heterocycles. The molecule has 0 rings (SSSR count). The van der Waals surface area contributed by atoms with Gasteiger partial charge >= 0.3 is 0 Å². The molecule has 0 unspecified atom stereocenters. The van der Waals surface area contributed by atoms with Gasteiger partial charge in [0.1, 0.15) is 0 Å². The lowest BCUT2D eigenvalue weighted by atomic mass is 10.4. The van der Waals surface area contributed by atoms with E-state index in [0.29, 0.717) is 0 Å². The first kappa shape index (κ1) is 10.6. The molecule has 0 aliphatic rings. The van der Waals surface area contributed by atoms with Gasteiger partial charge in [-0.05, 0) is 6.92 Å². The van der Waals surface area contributed by atoms with Crippen LogP contribution in [0.1, 0.15) is 6.92 Å². The van der Waals surface area contributed by atoms with Crippen molar-refractivity contribution in [2.45, 2.75) is 11.3 Å². The summed E-state index contributed by atoms with van der Waals surface area (Å²) in [5.41, 5.74) is 0. The molecule has 0 aromatic heterocycles. The summed E-state index contributed by atoms with van der Waals surface area (Å²) in [4.78, 5) is 12.4. The van der Waals surface area contributed by atoms with Crippen molar-refractivity contribution in [1.82, 2.24) is 4.90 Å². The van der Waals surface area contributed by atoms with E-state index in [4.69, 9.17) is 29.6 Å². The number of rotatable bonds is 2. The predicted molar refractivity (Wildman–Crippen MR) is 46.6 cm³/mol. The topological polar surface area (TPSA) is 20.3 Å². The SMILES string of the molecule is C#CCN(C)C(=O)C(C)(Cl)Cl. The van der Waals surface area contributed by atoms with Gasteiger partial charge in [-0.25, -0.2) is 0 Å². The standard InChI is InChI=1S/C7H9Cl2NO/c1-4-5-10(3)6(11)7(2,8)9/h1H,5H2,2-3H3. The first-order valence-corrected chi connectivity index (χ1v) is 3.72. The normalized spacial score (nSPS) is 10.5. The summed E-state index contributed by atoms with van der Waals surface area (Å²) in [6.07, 6.45) is 4.98. The fourth-order valence-electron chi connectivity index (χ4n) is 0.544. The van der Waals surface area contributed by atoms with Crippen molar-refractivity contribution in [2.24, 2.45) is 0 Å². The van der Waals surface area contributed by atoms with Crippen LogP contribution in [-0.4, -0.2) is 28.7 Å². The summed E-state index contributed by atoms with van der Waals surface area (Å²) >= 11 is 11.0. The van der Waals surface area contributed by atoms with Crippen LogP contribution in [0, 0.1) is 12.3 Å². The third-order valence-corrected chi connectivity index (χ3v) is 1.37. The number of hydrogen-bond acceptors (Lipinski definition) is 1. The zero-order valence-corrected chi connectivity index (χ0v) is 7.91. The number of carbonyl (C=O) groups excluding carboxylic acids is 1. The van der Waals surface area contributed by atoms with Gasteiger partial charge in [0.15, 0.2) is 4.33 Å². The maximum Gasteiger partial charge on any atom is 0.259 e. The summed E-state index contributed by atoms with van der Waals surface area (Å²) in [6.45, 7) is 1.62. The number of hydrogen-bond donors (Lipinski definition) is 0. The third kappa shape index (κ3) is 3.50. The van der Waals surface area contributed by atoms with Crippen LogP contribution in [0.25, 0.3) is 0 Å². The second-order valence-corrected chi connectivity index (χ2v) is 3.96. The smallest absolute Gasteiger partial charge is 0.259 e. The summed E-state index contributed by atoms with van der Waals surface area (Å²) in [5.74, 6) is 1.92. The fraction of sp³-hybridized carbons (Fsp3) is 0.571. The van der Waals surface area contributed by atoms with Gasteiger partial charge in [-0.1, -0.05) is 29.1 Å². The van der Waals surface area contributed by atoms with Crippen molar-refractivity contribution in [1.29, 1.82) is 0 Å². The molecule has 0 saturated carbocycles. The molecule has 0 spiro atoms. The molecular formula is C7H9Cl2NO. The molecule has 0 radical (unpaired) electrons. The van der Waals surface area contributed by atoms with Crippen LogP contribution >= 0.6 is 23.2 Å². The monoisotopic (exact) mass is 193 g/mol. The van der Waals surface area contributed by atoms with E-state index in [2.05, 4.69) is 5.92 Å². The van der Waals surface area contributed by atoms with Gasteiger partial charge in [0, 0.05) is 7.05 Å².